The average Bonchev–Trinajstić information content (AvgIpc) is 2.59. The van der Waals surface area contributed by atoms with Gasteiger partial charge in [-0.3, -0.25) is 0 Å². The maximum Gasteiger partial charge on any atom is 0.220 e. The summed E-state index contributed by atoms with van der Waals surface area (Å²) in [5.74, 6) is 0.686. The van der Waals surface area contributed by atoms with Gasteiger partial charge in [-0.15, -0.1) is 0 Å². The van der Waals surface area contributed by atoms with Crippen molar-refractivity contribution in [2.75, 3.05) is 13.7 Å². The monoisotopic (exact) mass is 223 g/mol. The van der Waals surface area contributed by atoms with Crippen LogP contribution in [0.1, 0.15) is 19.4 Å². The predicted octanol–water partition coefficient (Wildman–Crippen LogP) is 2.39. The third-order valence-corrected chi connectivity index (χ3v) is 2.36. The van der Waals surface area contributed by atoms with E-state index in [0.717, 1.165) is 0 Å². The Hall–Kier alpha value is -1.58. The Labute approximate surface area is 93.9 Å². The first-order chi connectivity index (χ1) is 7.52. The minimum absolute atomic E-state index is 0.257. The van der Waals surface area contributed by atoms with E-state index < -0.39 is 0 Å². The number of nitrogens with zero attached hydrogens (tertiary/aromatic N) is 1. The van der Waals surface area contributed by atoms with Gasteiger partial charge in [0, 0.05) is 0 Å². The molecule has 1 heterocycles. The molecule has 0 unspecified atom stereocenters. The van der Waals surface area contributed by atoms with Gasteiger partial charge in [-0.05, 0) is 32.0 Å². The summed E-state index contributed by atoms with van der Waals surface area (Å²) in [6.07, 6.45) is 0. The summed E-state index contributed by atoms with van der Waals surface area (Å²) in [5, 5.41) is 0. The van der Waals surface area contributed by atoms with Crippen LogP contribution in [0.25, 0.3) is 0 Å². The van der Waals surface area contributed by atoms with E-state index in [-0.39, 0.29) is 11.4 Å². The Morgan fingerprint density at radius 3 is 2.75 bits per heavy atom. The first-order valence-corrected chi connectivity index (χ1v) is 5.08. The maximum atomic E-state index is 13.2. The van der Waals surface area contributed by atoms with Crippen LogP contribution in [0.4, 0.5) is 4.39 Å². The van der Waals surface area contributed by atoms with E-state index in [9.17, 15) is 4.39 Å². The molecule has 0 N–H and O–H groups in total. The smallest absolute Gasteiger partial charge is 0.220 e. The molecule has 16 heavy (non-hydrogen) atoms. The Bertz CT molecular complexity index is 441. The average molecular weight is 223 g/mol. The van der Waals surface area contributed by atoms with Gasteiger partial charge in [0.05, 0.1) is 18.2 Å². The van der Waals surface area contributed by atoms with Gasteiger partial charge in [0.2, 0.25) is 5.90 Å². The van der Waals surface area contributed by atoms with Crippen LogP contribution in [0, 0.1) is 5.82 Å². The second-order valence-electron chi connectivity index (χ2n) is 4.36. The molecule has 0 amide bonds. The topological polar surface area (TPSA) is 30.8 Å². The maximum absolute atomic E-state index is 13.2. The van der Waals surface area contributed by atoms with Crippen LogP contribution in [-0.4, -0.2) is 25.2 Å². The molecule has 0 saturated heterocycles. The van der Waals surface area contributed by atoms with Crippen LogP contribution >= 0.6 is 0 Å². The van der Waals surface area contributed by atoms with Gasteiger partial charge in [-0.1, -0.05) is 0 Å². The van der Waals surface area contributed by atoms with E-state index in [1.165, 1.54) is 19.2 Å². The zero-order valence-corrected chi connectivity index (χ0v) is 9.58. The molecular formula is C12H14FNO2. The molecular weight excluding hydrogens is 209 g/mol. The van der Waals surface area contributed by atoms with Crippen molar-refractivity contribution in [2.24, 2.45) is 4.99 Å². The van der Waals surface area contributed by atoms with E-state index in [4.69, 9.17) is 9.47 Å². The van der Waals surface area contributed by atoms with Crippen LogP contribution in [-0.2, 0) is 4.74 Å². The van der Waals surface area contributed by atoms with Gasteiger partial charge in [-0.25, -0.2) is 9.38 Å². The van der Waals surface area contributed by atoms with Gasteiger partial charge in [0.25, 0.3) is 0 Å². The number of hydrogen-bond acceptors (Lipinski definition) is 3. The Balaban J connectivity index is 2.44. The molecule has 0 spiro atoms. The highest BCUT2D eigenvalue weighted by molar-refractivity contribution is 5.98. The summed E-state index contributed by atoms with van der Waals surface area (Å²) >= 11 is 0. The standard InChI is InChI=1S/C12H14FNO2/c1-12(2)7-16-11(14-12)9-6-8(13)4-5-10(9)15-3/h4-6H,7H2,1-3H3. The number of aliphatic imine (C=N–C) groups is 1. The Morgan fingerprint density at radius 2 is 2.19 bits per heavy atom. The zero-order chi connectivity index (χ0) is 11.8. The largest absolute Gasteiger partial charge is 0.496 e. The SMILES string of the molecule is COc1ccc(F)cc1C1=NC(C)(C)CO1. The second kappa shape index (κ2) is 3.77. The lowest BCUT2D eigenvalue weighted by Gasteiger charge is -2.08. The quantitative estimate of drug-likeness (QED) is 0.770. The van der Waals surface area contributed by atoms with E-state index in [1.807, 2.05) is 13.8 Å². The highest BCUT2D eigenvalue weighted by Crippen LogP contribution is 2.26. The Kier molecular flexibility index (Phi) is 2.58. The van der Waals surface area contributed by atoms with Crippen LogP contribution in [0.2, 0.25) is 0 Å². The molecule has 1 aromatic rings. The van der Waals surface area contributed by atoms with Crippen molar-refractivity contribution in [1.29, 1.82) is 0 Å². The fourth-order valence-electron chi connectivity index (χ4n) is 1.57. The first-order valence-electron chi connectivity index (χ1n) is 5.08. The molecule has 1 aliphatic heterocycles. The van der Waals surface area contributed by atoms with Crippen molar-refractivity contribution < 1.29 is 13.9 Å². The third kappa shape index (κ3) is 2.01. The molecule has 1 aromatic carbocycles. The van der Waals surface area contributed by atoms with Crippen LogP contribution in [0.15, 0.2) is 23.2 Å². The number of halogens is 1. The molecule has 0 atom stereocenters. The highest BCUT2D eigenvalue weighted by atomic mass is 19.1. The van der Waals surface area contributed by atoms with Crippen molar-refractivity contribution in [3.05, 3.63) is 29.6 Å². The first kappa shape index (κ1) is 10.9. The molecule has 3 nitrogen and oxygen atoms in total. The third-order valence-electron chi connectivity index (χ3n) is 2.36. The van der Waals surface area contributed by atoms with Gasteiger partial charge in [0.15, 0.2) is 0 Å². The number of benzene rings is 1. The van der Waals surface area contributed by atoms with Gasteiger partial charge in [0.1, 0.15) is 18.2 Å². The molecule has 0 bridgehead atoms. The van der Waals surface area contributed by atoms with E-state index >= 15 is 0 Å². The highest BCUT2D eigenvalue weighted by Gasteiger charge is 2.28. The van der Waals surface area contributed by atoms with Crippen molar-refractivity contribution in [3.63, 3.8) is 0 Å². The normalized spacial score (nSPS) is 17.9. The van der Waals surface area contributed by atoms with Crippen molar-refractivity contribution in [2.45, 2.75) is 19.4 Å². The summed E-state index contributed by atoms with van der Waals surface area (Å²) in [6.45, 7) is 4.43. The summed E-state index contributed by atoms with van der Waals surface area (Å²) in [5.41, 5.74) is 0.306. The lowest BCUT2D eigenvalue weighted by molar-refractivity contribution is 0.278. The van der Waals surface area contributed by atoms with E-state index in [2.05, 4.69) is 4.99 Å². The molecule has 4 heteroatoms. The molecule has 0 radical (unpaired) electrons. The minimum atomic E-state index is -0.327. The molecule has 1 aliphatic rings. The number of methoxy groups -OCH3 is 1. The number of ether oxygens (including phenoxy) is 2. The van der Waals surface area contributed by atoms with Crippen molar-refractivity contribution >= 4 is 5.90 Å². The molecule has 0 aliphatic carbocycles. The summed E-state index contributed by atoms with van der Waals surface area (Å²) < 4.78 is 23.8. The summed E-state index contributed by atoms with van der Waals surface area (Å²) in [4.78, 5) is 4.39. The lowest BCUT2D eigenvalue weighted by Crippen LogP contribution is -2.17. The minimum Gasteiger partial charge on any atom is -0.496 e. The van der Waals surface area contributed by atoms with Crippen LogP contribution in [0.5, 0.6) is 5.75 Å². The van der Waals surface area contributed by atoms with Crippen molar-refractivity contribution in [3.8, 4) is 5.75 Å². The second-order valence-corrected chi connectivity index (χ2v) is 4.36. The summed E-state index contributed by atoms with van der Waals surface area (Å²) in [6, 6.07) is 4.30. The van der Waals surface area contributed by atoms with Crippen molar-refractivity contribution in [1.82, 2.24) is 0 Å². The van der Waals surface area contributed by atoms with Gasteiger partial charge < -0.3 is 9.47 Å². The lowest BCUT2D eigenvalue weighted by atomic mass is 10.1. The number of hydrogen-bond donors (Lipinski definition) is 0. The van der Waals surface area contributed by atoms with E-state index in [0.29, 0.717) is 23.8 Å². The number of rotatable bonds is 2. The molecule has 0 aromatic heterocycles. The fourth-order valence-corrected chi connectivity index (χ4v) is 1.57. The summed E-state index contributed by atoms with van der Waals surface area (Å²) in [7, 11) is 1.54. The molecule has 86 valence electrons. The van der Waals surface area contributed by atoms with Crippen LogP contribution in [0.3, 0.4) is 0 Å². The Morgan fingerprint density at radius 1 is 1.44 bits per heavy atom. The van der Waals surface area contributed by atoms with Crippen LogP contribution < -0.4 is 4.74 Å². The predicted molar refractivity (Wildman–Crippen MR) is 59.5 cm³/mol. The van der Waals surface area contributed by atoms with E-state index in [1.54, 1.807) is 6.07 Å². The zero-order valence-electron chi connectivity index (χ0n) is 9.58. The molecule has 2 rings (SSSR count). The van der Waals surface area contributed by atoms with Gasteiger partial charge in [-0.2, -0.15) is 0 Å². The molecule has 0 fully saturated rings. The molecule has 0 saturated carbocycles. The fraction of sp³-hybridized carbons (Fsp3) is 0.417. The van der Waals surface area contributed by atoms with Gasteiger partial charge >= 0.3 is 0 Å².